The number of methoxy groups -OCH3 is 1. The maximum atomic E-state index is 12.7. The number of benzene rings is 2. The number of esters is 1. The Labute approximate surface area is 150 Å². The number of hydrogen-bond acceptors (Lipinski definition) is 5. The zero-order chi connectivity index (χ0) is 18.8. The van der Waals surface area contributed by atoms with Gasteiger partial charge >= 0.3 is 5.97 Å². The molecule has 0 radical (unpaired) electrons. The lowest BCUT2D eigenvalue weighted by atomic mass is 10.1. The van der Waals surface area contributed by atoms with E-state index in [0.717, 1.165) is 11.3 Å². The van der Waals surface area contributed by atoms with E-state index in [0.29, 0.717) is 18.7 Å². The van der Waals surface area contributed by atoms with Crippen molar-refractivity contribution in [2.24, 2.45) is 0 Å². The lowest BCUT2D eigenvalue weighted by molar-refractivity contribution is -0.150. The van der Waals surface area contributed by atoms with Crippen molar-refractivity contribution in [3.63, 3.8) is 0 Å². The smallest absolute Gasteiger partial charge is 0.344 e. The second-order valence-electron chi connectivity index (χ2n) is 5.35. The van der Waals surface area contributed by atoms with Gasteiger partial charge in [0.25, 0.3) is 5.91 Å². The van der Waals surface area contributed by atoms with Crippen LogP contribution in [0.5, 0.6) is 11.5 Å². The fourth-order valence-electron chi connectivity index (χ4n) is 2.05. The van der Waals surface area contributed by atoms with Gasteiger partial charge in [0.1, 0.15) is 17.3 Å². The van der Waals surface area contributed by atoms with E-state index in [9.17, 15) is 14.0 Å². The van der Waals surface area contributed by atoms with Crippen LogP contribution in [0.15, 0.2) is 48.5 Å². The predicted molar refractivity (Wildman–Crippen MR) is 92.6 cm³/mol. The number of halogens is 1. The highest BCUT2D eigenvalue weighted by Crippen LogP contribution is 2.11. The summed E-state index contributed by atoms with van der Waals surface area (Å²) < 4.78 is 27.8. The lowest BCUT2D eigenvalue weighted by Gasteiger charge is -2.08. The summed E-state index contributed by atoms with van der Waals surface area (Å²) in [4.78, 5) is 23.2. The van der Waals surface area contributed by atoms with Crippen molar-refractivity contribution in [2.75, 3.05) is 26.9 Å². The highest BCUT2D eigenvalue weighted by Gasteiger charge is 2.08. The van der Waals surface area contributed by atoms with E-state index < -0.39 is 17.7 Å². The first-order valence-electron chi connectivity index (χ1n) is 8.00. The van der Waals surface area contributed by atoms with Crippen molar-refractivity contribution in [1.29, 1.82) is 0 Å². The summed E-state index contributed by atoms with van der Waals surface area (Å²) >= 11 is 0. The van der Waals surface area contributed by atoms with Gasteiger partial charge in [-0.05, 0) is 48.4 Å². The van der Waals surface area contributed by atoms with Gasteiger partial charge in [-0.15, -0.1) is 0 Å². The minimum atomic E-state index is -0.681. The third-order valence-corrected chi connectivity index (χ3v) is 3.43. The SMILES string of the molecule is COc1ccc(CCNC(=O)COC(=O)COc2ccc(F)cc2)cc1. The van der Waals surface area contributed by atoms with Crippen LogP contribution < -0.4 is 14.8 Å². The van der Waals surface area contributed by atoms with Crippen LogP contribution in [0.25, 0.3) is 0 Å². The van der Waals surface area contributed by atoms with Gasteiger partial charge in [-0.1, -0.05) is 12.1 Å². The van der Waals surface area contributed by atoms with Gasteiger partial charge in [0.15, 0.2) is 13.2 Å². The van der Waals surface area contributed by atoms with Gasteiger partial charge in [-0.3, -0.25) is 4.79 Å². The van der Waals surface area contributed by atoms with Crippen molar-refractivity contribution in [3.05, 3.63) is 59.9 Å². The van der Waals surface area contributed by atoms with Crippen molar-refractivity contribution in [3.8, 4) is 11.5 Å². The van der Waals surface area contributed by atoms with E-state index in [4.69, 9.17) is 14.2 Å². The molecular weight excluding hydrogens is 341 g/mol. The van der Waals surface area contributed by atoms with Crippen LogP contribution in [-0.2, 0) is 20.7 Å². The van der Waals surface area contributed by atoms with Crippen LogP contribution >= 0.6 is 0 Å². The Morgan fingerprint density at radius 3 is 2.27 bits per heavy atom. The number of rotatable bonds is 9. The molecule has 0 fully saturated rings. The van der Waals surface area contributed by atoms with Crippen molar-refractivity contribution >= 4 is 11.9 Å². The average molecular weight is 361 g/mol. The molecule has 0 bridgehead atoms. The molecule has 0 aliphatic rings. The summed E-state index contributed by atoms with van der Waals surface area (Å²) in [6.45, 7) is -0.312. The van der Waals surface area contributed by atoms with Crippen LogP contribution in [0.2, 0.25) is 0 Å². The molecule has 26 heavy (non-hydrogen) atoms. The van der Waals surface area contributed by atoms with E-state index in [-0.39, 0.29) is 13.2 Å². The molecule has 1 amide bonds. The molecule has 2 aromatic carbocycles. The van der Waals surface area contributed by atoms with E-state index in [2.05, 4.69) is 5.32 Å². The Kier molecular flexibility index (Phi) is 7.42. The van der Waals surface area contributed by atoms with E-state index in [1.54, 1.807) is 7.11 Å². The molecule has 138 valence electrons. The molecule has 0 saturated heterocycles. The summed E-state index contributed by atoms with van der Waals surface area (Å²) in [5, 5.41) is 2.67. The first kappa shape index (κ1) is 19.2. The molecular formula is C19H20FNO5. The summed E-state index contributed by atoms with van der Waals surface area (Å²) in [7, 11) is 1.60. The molecule has 0 aliphatic heterocycles. The van der Waals surface area contributed by atoms with Crippen LogP contribution in [0.1, 0.15) is 5.56 Å². The molecule has 7 heteroatoms. The Balaban J connectivity index is 1.60. The number of carbonyl (C=O) groups is 2. The molecule has 2 aromatic rings. The van der Waals surface area contributed by atoms with Gasteiger partial charge in [0.2, 0.25) is 0 Å². The van der Waals surface area contributed by atoms with Gasteiger partial charge < -0.3 is 19.5 Å². The molecule has 6 nitrogen and oxygen atoms in total. The summed E-state index contributed by atoms with van der Waals surface area (Å²) in [5.74, 6) is -0.362. The maximum absolute atomic E-state index is 12.7. The second-order valence-corrected chi connectivity index (χ2v) is 5.35. The zero-order valence-electron chi connectivity index (χ0n) is 14.4. The first-order chi connectivity index (χ1) is 12.6. The molecule has 2 rings (SSSR count). The van der Waals surface area contributed by atoms with Crippen LogP contribution in [0.3, 0.4) is 0 Å². The zero-order valence-corrected chi connectivity index (χ0v) is 14.4. The maximum Gasteiger partial charge on any atom is 0.344 e. The molecule has 0 heterocycles. The van der Waals surface area contributed by atoms with Crippen molar-refractivity contribution in [1.82, 2.24) is 5.32 Å². The van der Waals surface area contributed by atoms with Crippen molar-refractivity contribution in [2.45, 2.75) is 6.42 Å². The minimum absolute atomic E-state index is 0.340. The largest absolute Gasteiger partial charge is 0.497 e. The Bertz CT molecular complexity index is 716. The molecule has 0 aliphatic carbocycles. The minimum Gasteiger partial charge on any atom is -0.497 e. The van der Waals surface area contributed by atoms with Crippen molar-refractivity contribution < 1.29 is 28.2 Å². The monoisotopic (exact) mass is 361 g/mol. The standard InChI is InChI=1S/C19H20FNO5/c1-24-16-6-2-14(3-7-16)10-11-21-18(22)12-26-19(23)13-25-17-8-4-15(20)5-9-17/h2-9H,10-13H2,1H3,(H,21,22). The Hall–Kier alpha value is -3.09. The number of ether oxygens (including phenoxy) is 3. The quantitative estimate of drug-likeness (QED) is 0.693. The molecule has 0 atom stereocenters. The van der Waals surface area contributed by atoms with Gasteiger partial charge in [-0.2, -0.15) is 0 Å². The predicted octanol–water partition coefficient (Wildman–Crippen LogP) is 2.12. The van der Waals surface area contributed by atoms with Crippen LogP contribution in [-0.4, -0.2) is 38.7 Å². The third-order valence-electron chi connectivity index (χ3n) is 3.43. The summed E-state index contributed by atoms with van der Waals surface area (Å²) in [6, 6.07) is 12.8. The lowest BCUT2D eigenvalue weighted by Crippen LogP contribution is -2.31. The molecule has 1 N–H and O–H groups in total. The topological polar surface area (TPSA) is 73.9 Å². The number of amides is 1. The molecule has 0 aromatic heterocycles. The Morgan fingerprint density at radius 2 is 1.62 bits per heavy atom. The number of carbonyl (C=O) groups excluding carboxylic acids is 2. The normalized spacial score (nSPS) is 10.1. The van der Waals surface area contributed by atoms with Gasteiger partial charge in [0, 0.05) is 6.54 Å². The summed E-state index contributed by atoms with van der Waals surface area (Å²) in [5.41, 5.74) is 1.05. The number of nitrogens with one attached hydrogen (secondary N) is 1. The highest BCUT2D eigenvalue weighted by molar-refractivity contribution is 5.80. The second kappa shape index (κ2) is 10.0. The molecule has 0 spiro atoms. The Morgan fingerprint density at radius 1 is 0.962 bits per heavy atom. The fraction of sp³-hybridized carbons (Fsp3) is 0.263. The highest BCUT2D eigenvalue weighted by atomic mass is 19.1. The molecule has 0 unspecified atom stereocenters. The fourth-order valence-corrected chi connectivity index (χ4v) is 2.05. The van der Waals surface area contributed by atoms with Gasteiger partial charge in [-0.25, -0.2) is 9.18 Å². The first-order valence-corrected chi connectivity index (χ1v) is 8.00. The number of hydrogen-bond donors (Lipinski definition) is 1. The average Bonchev–Trinajstić information content (AvgIpc) is 2.66. The van der Waals surface area contributed by atoms with Crippen LogP contribution in [0.4, 0.5) is 4.39 Å². The van der Waals surface area contributed by atoms with Gasteiger partial charge in [0.05, 0.1) is 7.11 Å². The third kappa shape index (κ3) is 6.80. The summed E-state index contributed by atoms with van der Waals surface area (Å²) in [6.07, 6.45) is 0.650. The van der Waals surface area contributed by atoms with E-state index in [1.807, 2.05) is 24.3 Å². The van der Waals surface area contributed by atoms with E-state index in [1.165, 1.54) is 24.3 Å². The molecule has 0 saturated carbocycles. The van der Waals surface area contributed by atoms with Crippen LogP contribution in [0, 0.1) is 5.82 Å². The van der Waals surface area contributed by atoms with E-state index >= 15 is 0 Å².